The summed E-state index contributed by atoms with van der Waals surface area (Å²) in [6.07, 6.45) is 1.54. The lowest BCUT2D eigenvalue weighted by molar-refractivity contribution is -0.384. The van der Waals surface area contributed by atoms with Gasteiger partial charge >= 0.3 is 0 Å². The molecule has 1 heterocycles. The molecule has 6 nitrogen and oxygen atoms in total. The van der Waals surface area contributed by atoms with Crippen molar-refractivity contribution in [3.63, 3.8) is 0 Å². The summed E-state index contributed by atoms with van der Waals surface area (Å²) in [5, 5.41) is 26.1. The van der Waals surface area contributed by atoms with Gasteiger partial charge in [0.15, 0.2) is 0 Å². The monoisotopic (exact) mass is 382 g/mol. The Labute approximate surface area is 158 Å². The van der Waals surface area contributed by atoms with Crippen LogP contribution in [-0.4, -0.2) is 9.91 Å². The Morgan fingerprint density at radius 1 is 1.31 bits per heavy atom. The number of benzene rings is 2. The Balaban J connectivity index is 1.87. The first-order valence-electron chi connectivity index (χ1n) is 7.40. The maximum atomic E-state index is 10.9. The first-order valence-corrected chi connectivity index (χ1v) is 8.66. The van der Waals surface area contributed by atoms with E-state index in [4.69, 9.17) is 11.6 Å². The number of non-ortho nitro benzene ring substituents is 1. The Hall–Kier alpha value is -3.21. The second-order valence-corrected chi connectivity index (χ2v) is 6.40. The number of thiazole rings is 1. The van der Waals surface area contributed by atoms with E-state index in [1.807, 2.05) is 12.1 Å². The summed E-state index contributed by atoms with van der Waals surface area (Å²) in [6, 6.07) is 15.5. The molecule has 0 fully saturated rings. The lowest BCUT2D eigenvalue weighted by Gasteiger charge is -2.03. The van der Waals surface area contributed by atoms with Gasteiger partial charge in [-0.3, -0.25) is 10.1 Å². The van der Waals surface area contributed by atoms with Crippen molar-refractivity contribution in [3.8, 4) is 17.3 Å². The summed E-state index contributed by atoms with van der Waals surface area (Å²) in [7, 11) is 0. The second-order valence-electron chi connectivity index (χ2n) is 5.14. The predicted molar refractivity (Wildman–Crippen MR) is 103 cm³/mol. The molecule has 0 saturated heterocycles. The normalized spacial score (nSPS) is 11.0. The molecule has 0 aliphatic rings. The molecule has 3 aromatic rings. The molecule has 0 aliphatic heterocycles. The Morgan fingerprint density at radius 3 is 2.85 bits per heavy atom. The molecule has 0 unspecified atom stereocenters. The SMILES string of the molecule is N#CC(=CNc1ccccc1Cl)c1nc(-c2cccc([N+](=O)[O-])c2)cs1. The number of halogens is 1. The zero-order valence-electron chi connectivity index (χ0n) is 13.2. The van der Waals surface area contributed by atoms with Gasteiger partial charge in [0.1, 0.15) is 16.6 Å². The number of para-hydroxylation sites is 1. The molecule has 0 amide bonds. The predicted octanol–water partition coefficient (Wildman–Crippen LogP) is 5.35. The maximum absolute atomic E-state index is 10.9. The van der Waals surface area contributed by atoms with Crippen LogP contribution in [0.3, 0.4) is 0 Å². The average molecular weight is 383 g/mol. The Kier molecular flexibility index (Phi) is 5.27. The maximum Gasteiger partial charge on any atom is 0.270 e. The quantitative estimate of drug-likeness (QED) is 0.365. The fourth-order valence-electron chi connectivity index (χ4n) is 2.18. The first-order chi connectivity index (χ1) is 12.6. The highest BCUT2D eigenvalue weighted by Crippen LogP contribution is 2.28. The van der Waals surface area contributed by atoms with Crippen molar-refractivity contribution in [1.29, 1.82) is 5.26 Å². The van der Waals surface area contributed by atoms with E-state index in [1.54, 1.807) is 29.6 Å². The molecule has 1 aromatic heterocycles. The zero-order chi connectivity index (χ0) is 18.5. The second kappa shape index (κ2) is 7.78. The molecule has 0 atom stereocenters. The molecule has 0 spiro atoms. The molecule has 0 radical (unpaired) electrons. The van der Waals surface area contributed by atoms with Crippen molar-refractivity contribution in [2.45, 2.75) is 0 Å². The molecular weight excluding hydrogens is 372 g/mol. The van der Waals surface area contributed by atoms with Crippen molar-refractivity contribution in [2.24, 2.45) is 0 Å². The van der Waals surface area contributed by atoms with Crippen LogP contribution in [0.4, 0.5) is 11.4 Å². The fraction of sp³-hybridized carbons (Fsp3) is 0. The summed E-state index contributed by atoms with van der Waals surface area (Å²) in [5.74, 6) is 0. The van der Waals surface area contributed by atoms with E-state index in [0.717, 1.165) is 0 Å². The smallest absolute Gasteiger partial charge is 0.270 e. The van der Waals surface area contributed by atoms with Gasteiger partial charge in [0.05, 0.1) is 21.3 Å². The number of nitrogens with one attached hydrogen (secondary N) is 1. The van der Waals surface area contributed by atoms with E-state index < -0.39 is 4.92 Å². The fourth-order valence-corrected chi connectivity index (χ4v) is 3.16. The molecule has 0 bridgehead atoms. The molecule has 0 aliphatic carbocycles. The van der Waals surface area contributed by atoms with Crippen LogP contribution in [-0.2, 0) is 0 Å². The van der Waals surface area contributed by atoms with E-state index in [9.17, 15) is 15.4 Å². The number of aromatic nitrogens is 1. The highest BCUT2D eigenvalue weighted by atomic mass is 35.5. The third-order valence-corrected chi connectivity index (χ3v) is 4.66. The van der Waals surface area contributed by atoms with Crippen molar-refractivity contribution in [3.05, 3.63) is 80.3 Å². The number of nitro groups is 1. The van der Waals surface area contributed by atoms with Crippen LogP contribution in [0, 0.1) is 21.4 Å². The number of hydrogen-bond donors (Lipinski definition) is 1. The number of nitrogens with zero attached hydrogens (tertiary/aromatic N) is 3. The summed E-state index contributed by atoms with van der Waals surface area (Å²) < 4.78 is 0. The van der Waals surface area contributed by atoms with E-state index in [-0.39, 0.29) is 5.69 Å². The van der Waals surface area contributed by atoms with Crippen molar-refractivity contribution < 1.29 is 4.92 Å². The molecule has 8 heteroatoms. The van der Waals surface area contributed by atoms with Crippen LogP contribution in [0.15, 0.2) is 60.1 Å². The van der Waals surface area contributed by atoms with Crippen LogP contribution in [0.2, 0.25) is 5.02 Å². The van der Waals surface area contributed by atoms with Gasteiger partial charge in [-0.1, -0.05) is 35.9 Å². The van der Waals surface area contributed by atoms with Crippen LogP contribution >= 0.6 is 22.9 Å². The van der Waals surface area contributed by atoms with Crippen LogP contribution in [0.1, 0.15) is 5.01 Å². The summed E-state index contributed by atoms with van der Waals surface area (Å²) >= 11 is 7.36. The lowest BCUT2D eigenvalue weighted by atomic mass is 10.1. The minimum absolute atomic E-state index is 0.00603. The van der Waals surface area contributed by atoms with Gasteiger partial charge in [-0.25, -0.2) is 4.98 Å². The number of nitro benzene ring substituents is 1. The van der Waals surface area contributed by atoms with Crippen molar-refractivity contribution in [1.82, 2.24) is 4.98 Å². The van der Waals surface area contributed by atoms with Gasteiger partial charge in [-0.2, -0.15) is 5.26 Å². The van der Waals surface area contributed by atoms with Crippen LogP contribution in [0.25, 0.3) is 16.8 Å². The van der Waals surface area contributed by atoms with Gasteiger partial charge in [0.2, 0.25) is 0 Å². The third-order valence-electron chi connectivity index (χ3n) is 3.45. The molecule has 2 aromatic carbocycles. The lowest BCUT2D eigenvalue weighted by Crippen LogP contribution is -1.92. The van der Waals surface area contributed by atoms with Crippen LogP contribution < -0.4 is 5.32 Å². The highest BCUT2D eigenvalue weighted by Gasteiger charge is 2.12. The number of nitriles is 1. The van der Waals surface area contributed by atoms with Gasteiger partial charge in [-0.05, 0) is 12.1 Å². The molecule has 128 valence electrons. The molecular formula is C18H11ClN4O2S. The summed E-state index contributed by atoms with van der Waals surface area (Å²) in [6.45, 7) is 0. The van der Waals surface area contributed by atoms with Gasteiger partial charge in [-0.15, -0.1) is 11.3 Å². The van der Waals surface area contributed by atoms with E-state index in [1.165, 1.54) is 29.7 Å². The largest absolute Gasteiger partial charge is 0.359 e. The molecule has 26 heavy (non-hydrogen) atoms. The van der Waals surface area contributed by atoms with Crippen LogP contribution in [0.5, 0.6) is 0 Å². The summed E-state index contributed by atoms with van der Waals surface area (Å²) in [4.78, 5) is 14.9. The third kappa shape index (κ3) is 3.88. The minimum atomic E-state index is -0.453. The van der Waals surface area contributed by atoms with E-state index >= 15 is 0 Å². The Bertz CT molecular complexity index is 1040. The Morgan fingerprint density at radius 2 is 2.12 bits per heavy atom. The number of rotatable bonds is 5. The topological polar surface area (TPSA) is 91.8 Å². The first kappa shape index (κ1) is 17.6. The number of hydrogen-bond acceptors (Lipinski definition) is 6. The van der Waals surface area contributed by atoms with E-state index in [2.05, 4.69) is 16.4 Å². The van der Waals surface area contributed by atoms with Gasteiger partial charge in [0, 0.05) is 29.3 Å². The molecule has 3 rings (SSSR count). The average Bonchev–Trinajstić information content (AvgIpc) is 3.14. The van der Waals surface area contributed by atoms with Gasteiger partial charge in [0.25, 0.3) is 5.69 Å². The summed E-state index contributed by atoms with van der Waals surface area (Å²) in [5.41, 5.74) is 2.21. The van der Waals surface area contributed by atoms with E-state index in [0.29, 0.717) is 32.5 Å². The number of anilines is 1. The molecule has 1 N–H and O–H groups in total. The van der Waals surface area contributed by atoms with Crippen molar-refractivity contribution >= 4 is 39.9 Å². The standard InChI is InChI=1S/C18H11ClN4O2S/c19-15-6-1-2-7-16(15)21-10-13(9-20)18-22-17(11-26-18)12-4-3-5-14(8-12)23(24)25/h1-8,10-11,21H. The van der Waals surface area contributed by atoms with Crippen molar-refractivity contribution in [2.75, 3.05) is 5.32 Å². The van der Waals surface area contributed by atoms with Gasteiger partial charge < -0.3 is 5.32 Å². The number of allylic oxidation sites excluding steroid dienone is 1. The molecule has 0 saturated carbocycles. The highest BCUT2D eigenvalue weighted by molar-refractivity contribution is 7.11. The minimum Gasteiger partial charge on any atom is -0.359 e. The zero-order valence-corrected chi connectivity index (χ0v) is 14.8.